The highest BCUT2D eigenvalue weighted by atomic mass is 19.1. The van der Waals surface area contributed by atoms with Gasteiger partial charge >= 0.3 is 5.97 Å². The van der Waals surface area contributed by atoms with E-state index in [-0.39, 0.29) is 18.7 Å². The highest BCUT2D eigenvalue weighted by Gasteiger charge is 2.38. The lowest BCUT2D eigenvalue weighted by Gasteiger charge is -2.19. The fourth-order valence-electron chi connectivity index (χ4n) is 1.88. The normalized spacial score (nSPS) is 24.0. The van der Waals surface area contributed by atoms with Crippen LogP contribution in [0.15, 0.2) is 18.2 Å². The van der Waals surface area contributed by atoms with Crippen LogP contribution in [0.2, 0.25) is 0 Å². The Kier molecular flexibility index (Phi) is 2.97. The Morgan fingerprint density at radius 1 is 1.59 bits per heavy atom. The molecule has 17 heavy (non-hydrogen) atoms. The van der Waals surface area contributed by atoms with Crippen molar-refractivity contribution in [3.05, 3.63) is 23.9 Å². The minimum Gasteiger partial charge on any atom is -0.477 e. The minimum atomic E-state index is -1.61. The molecule has 1 aromatic rings. The molecule has 0 amide bonds. The average molecular weight is 240 g/mol. The van der Waals surface area contributed by atoms with Crippen molar-refractivity contribution in [2.24, 2.45) is 0 Å². The zero-order chi connectivity index (χ0) is 12.5. The van der Waals surface area contributed by atoms with E-state index >= 15 is 0 Å². The molecule has 2 heterocycles. The fourth-order valence-corrected chi connectivity index (χ4v) is 1.88. The maximum atomic E-state index is 13.8. The summed E-state index contributed by atoms with van der Waals surface area (Å²) in [7, 11) is 0. The van der Waals surface area contributed by atoms with Gasteiger partial charge in [-0.2, -0.15) is 0 Å². The Morgan fingerprint density at radius 2 is 2.35 bits per heavy atom. The third-order valence-corrected chi connectivity index (χ3v) is 2.86. The van der Waals surface area contributed by atoms with Crippen molar-refractivity contribution < 1.29 is 19.4 Å². The van der Waals surface area contributed by atoms with E-state index < -0.39 is 18.2 Å². The monoisotopic (exact) mass is 240 g/mol. The molecule has 1 aromatic heterocycles. The number of carboxylic acid groups (broad SMARTS) is 1. The van der Waals surface area contributed by atoms with Crippen molar-refractivity contribution in [1.82, 2.24) is 4.98 Å². The lowest BCUT2D eigenvalue weighted by Crippen LogP contribution is -2.32. The largest absolute Gasteiger partial charge is 0.477 e. The smallest absolute Gasteiger partial charge is 0.354 e. The van der Waals surface area contributed by atoms with Gasteiger partial charge in [0.2, 0.25) is 0 Å². The number of nitrogens with zero attached hydrogens (tertiary/aromatic N) is 2. The number of aliphatic hydroxyl groups is 1. The SMILES string of the molecule is O=C(O)c1cccc(N2CCC(F)(CO)C2)n1. The van der Waals surface area contributed by atoms with Gasteiger partial charge < -0.3 is 15.1 Å². The summed E-state index contributed by atoms with van der Waals surface area (Å²) in [6, 6.07) is 4.59. The van der Waals surface area contributed by atoms with E-state index in [1.807, 2.05) is 0 Å². The second kappa shape index (κ2) is 4.29. The summed E-state index contributed by atoms with van der Waals surface area (Å²) < 4.78 is 13.8. The first kappa shape index (κ1) is 11.8. The van der Waals surface area contributed by atoms with Crippen LogP contribution in [-0.2, 0) is 0 Å². The molecule has 6 heteroatoms. The van der Waals surface area contributed by atoms with Gasteiger partial charge in [0.1, 0.15) is 5.82 Å². The molecular formula is C11H13FN2O3. The lowest BCUT2D eigenvalue weighted by atomic mass is 10.1. The molecule has 0 aliphatic carbocycles. The molecule has 1 aliphatic heterocycles. The van der Waals surface area contributed by atoms with Crippen molar-refractivity contribution in [1.29, 1.82) is 0 Å². The molecule has 0 saturated carbocycles. The Balaban J connectivity index is 2.19. The number of carboxylic acids is 1. The number of aromatic nitrogens is 1. The van der Waals surface area contributed by atoms with Crippen LogP contribution in [0.5, 0.6) is 0 Å². The summed E-state index contributed by atoms with van der Waals surface area (Å²) in [6.07, 6.45) is 0.225. The predicted molar refractivity (Wildman–Crippen MR) is 59.0 cm³/mol. The molecule has 0 spiro atoms. The highest BCUT2D eigenvalue weighted by molar-refractivity contribution is 5.85. The molecule has 1 atom stereocenters. The zero-order valence-electron chi connectivity index (χ0n) is 9.14. The van der Waals surface area contributed by atoms with E-state index in [2.05, 4.69) is 4.98 Å². The number of anilines is 1. The molecule has 5 nitrogen and oxygen atoms in total. The van der Waals surface area contributed by atoms with Gasteiger partial charge in [0.15, 0.2) is 11.4 Å². The van der Waals surface area contributed by atoms with Crippen molar-refractivity contribution in [2.45, 2.75) is 12.1 Å². The first-order valence-electron chi connectivity index (χ1n) is 5.29. The van der Waals surface area contributed by atoms with Crippen LogP contribution in [0.1, 0.15) is 16.9 Å². The van der Waals surface area contributed by atoms with E-state index in [4.69, 9.17) is 10.2 Å². The van der Waals surface area contributed by atoms with Gasteiger partial charge in [-0.05, 0) is 12.1 Å². The van der Waals surface area contributed by atoms with Crippen LogP contribution in [0.3, 0.4) is 0 Å². The summed E-state index contributed by atoms with van der Waals surface area (Å²) in [5, 5.41) is 17.7. The Morgan fingerprint density at radius 3 is 2.94 bits per heavy atom. The molecule has 1 fully saturated rings. The first-order chi connectivity index (χ1) is 8.04. The van der Waals surface area contributed by atoms with Gasteiger partial charge in [-0.1, -0.05) is 6.07 Å². The highest BCUT2D eigenvalue weighted by Crippen LogP contribution is 2.28. The third-order valence-electron chi connectivity index (χ3n) is 2.86. The summed E-state index contributed by atoms with van der Waals surface area (Å²) in [5.41, 5.74) is -1.68. The van der Waals surface area contributed by atoms with Gasteiger partial charge in [-0.3, -0.25) is 0 Å². The van der Waals surface area contributed by atoms with Gasteiger partial charge in [-0.25, -0.2) is 14.2 Å². The summed E-state index contributed by atoms with van der Waals surface area (Å²) in [5.74, 6) is -0.683. The van der Waals surface area contributed by atoms with E-state index in [9.17, 15) is 9.18 Å². The van der Waals surface area contributed by atoms with Gasteiger partial charge in [-0.15, -0.1) is 0 Å². The van der Waals surface area contributed by atoms with Crippen LogP contribution in [0.25, 0.3) is 0 Å². The molecule has 92 valence electrons. The Bertz CT molecular complexity index is 440. The Labute approximate surface area is 97.5 Å². The predicted octanol–water partition coefficient (Wildman–Crippen LogP) is 0.690. The van der Waals surface area contributed by atoms with Gasteiger partial charge in [0.05, 0.1) is 13.2 Å². The molecule has 2 N–H and O–H groups in total. The maximum absolute atomic E-state index is 13.8. The van der Waals surface area contributed by atoms with E-state index in [1.54, 1.807) is 17.0 Å². The number of hydrogen-bond donors (Lipinski definition) is 2. The number of aliphatic hydroxyl groups excluding tert-OH is 1. The van der Waals surface area contributed by atoms with Crippen LogP contribution < -0.4 is 4.90 Å². The summed E-state index contributed by atoms with van der Waals surface area (Å²) in [4.78, 5) is 16.3. The van der Waals surface area contributed by atoms with Crippen LogP contribution in [0.4, 0.5) is 10.2 Å². The standard InChI is InChI=1S/C11H13FN2O3/c12-11(7-15)4-5-14(6-11)9-3-1-2-8(13-9)10(16)17/h1-3,15H,4-7H2,(H,16,17). The maximum Gasteiger partial charge on any atom is 0.354 e. The topological polar surface area (TPSA) is 73.7 Å². The number of carbonyl (C=O) groups is 1. The van der Waals surface area contributed by atoms with Gasteiger partial charge in [0, 0.05) is 13.0 Å². The number of alkyl halides is 1. The first-order valence-corrected chi connectivity index (χ1v) is 5.29. The number of halogens is 1. The zero-order valence-corrected chi connectivity index (χ0v) is 9.14. The molecule has 2 rings (SSSR count). The summed E-state index contributed by atoms with van der Waals surface area (Å²) in [6.45, 7) is -0.0607. The van der Waals surface area contributed by atoms with E-state index in [0.717, 1.165) is 0 Å². The van der Waals surface area contributed by atoms with Gasteiger partial charge in [0.25, 0.3) is 0 Å². The molecular weight excluding hydrogens is 227 g/mol. The number of aromatic carboxylic acids is 1. The number of rotatable bonds is 3. The number of pyridine rings is 1. The Hall–Kier alpha value is -1.69. The van der Waals surface area contributed by atoms with Crippen LogP contribution in [0, 0.1) is 0 Å². The fraction of sp³-hybridized carbons (Fsp3) is 0.455. The lowest BCUT2D eigenvalue weighted by molar-refractivity contribution is 0.0690. The minimum absolute atomic E-state index is 0.0412. The van der Waals surface area contributed by atoms with Crippen LogP contribution in [-0.4, -0.2) is 46.5 Å². The molecule has 0 radical (unpaired) electrons. The van der Waals surface area contributed by atoms with Crippen molar-refractivity contribution >= 4 is 11.8 Å². The molecule has 1 aliphatic rings. The van der Waals surface area contributed by atoms with E-state index in [0.29, 0.717) is 12.4 Å². The van der Waals surface area contributed by atoms with Crippen molar-refractivity contribution in [3.8, 4) is 0 Å². The number of hydrogen-bond acceptors (Lipinski definition) is 4. The van der Waals surface area contributed by atoms with Crippen molar-refractivity contribution in [3.63, 3.8) is 0 Å². The molecule has 0 aromatic carbocycles. The molecule has 1 saturated heterocycles. The average Bonchev–Trinajstić information content (AvgIpc) is 2.73. The second-order valence-electron chi connectivity index (χ2n) is 4.17. The molecule has 0 bridgehead atoms. The van der Waals surface area contributed by atoms with E-state index in [1.165, 1.54) is 6.07 Å². The third kappa shape index (κ3) is 2.36. The quantitative estimate of drug-likeness (QED) is 0.813. The van der Waals surface area contributed by atoms with Crippen LogP contribution >= 0.6 is 0 Å². The second-order valence-corrected chi connectivity index (χ2v) is 4.17. The van der Waals surface area contributed by atoms with Crippen molar-refractivity contribution in [2.75, 3.05) is 24.6 Å². The summed E-state index contributed by atoms with van der Waals surface area (Å²) >= 11 is 0. The molecule has 1 unspecified atom stereocenters.